The average molecular weight is 125 g/mol. The Kier molecular flexibility index (Phi) is 2.84. The van der Waals surface area contributed by atoms with Gasteiger partial charge in [-0.3, -0.25) is 0 Å². The van der Waals surface area contributed by atoms with Crippen LogP contribution in [0, 0.1) is 0 Å². The van der Waals surface area contributed by atoms with E-state index in [-0.39, 0.29) is 5.78 Å². The molecule has 0 fully saturated rings. The molecular formula is C5H8BNO2. The molecule has 0 saturated heterocycles. The number of primary amides is 1. The summed E-state index contributed by atoms with van der Waals surface area (Å²) in [6, 6.07) is 0. The molecule has 0 spiro atoms. The van der Waals surface area contributed by atoms with Crippen LogP contribution in [0.15, 0.2) is 0 Å². The van der Waals surface area contributed by atoms with Gasteiger partial charge in [0.1, 0.15) is 0 Å². The summed E-state index contributed by atoms with van der Waals surface area (Å²) >= 11 is 0. The summed E-state index contributed by atoms with van der Waals surface area (Å²) in [6.07, 6.45) is 0. The van der Waals surface area contributed by atoms with Crippen LogP contribution < -0.4 is 5.73 Å². The molecular weight excluding hydrogens is 117 g/mol. The Hall–Kier alpha value is -0.925. The second kappa shape index (κ2) is 3.17. The zero-order chi connectivity index (χ0) is 7.44. The van der Waals surface area contributed by atoms with Gasteiger partial charge in [-0.1, -0.05) is 0 Å². The quantitative estimate of drug-likeness (QED) is 0.508. The molecule has 0 aromatic carbocycles. The first kappa shape index (κ1) is 8.07. The van der Waals surface area contributed by atoms with Crippen LogP contribution >= 0.6 is 0 Å². The summed E-state index contributed by atoms with van der Waals surface area (Å²) in [5, 5.41) is 0. The Morgan fingerprint density at radius 1 is 1.33 bits per heavy atom. The van der Waals surface area contributed by atoms with E-state index in [9.17, 15) is 9.59 Å². The molecule has 1 amide bonds. The van der Waals surface area contributed by atoms with Gasteiger partial charge in [0.25, 0.3) is 0 Å². The van der Waals surface area contributed by atoms with Crippen molar-refractivity contribution in [2.75, 3.05) is 0 Å². The Morgan fingerprint density at radius 2 is 1.78 bits per heavy atom. The van der Waals surface area contributed by atoms with Gasteiger partial charge >= 0.3 is 53.1 Å². The molecule has 0 rings (SSSR count). The molecule has 0 bridgehead atoms. The van der Waals surface area contributed by atoms with Gasteiger partial charge in [0.15, 0.2) is 0 Å². The Morgan fingerprint density at radius 3 is 1.89 bits per heavy atom. The number of Topliss-reactive ketones (excluding diaryl/α,β-unsaturated/α-hetero) is 1. The van der Waals surface area contributed by atoms with Crippen molar-refractivity contribution in [3.63, 3.8) is 0 Å². The molecule has 0 aliphatic carbocycles. The number of rotatable bonds is 2. The second-order valence-electron chi connectivity index (χ2n) is 1.79. The molecule has 48 valence electrons. The number of carbonyl (C=O) groups excluding carboxylic acids is 2. The summed E-state index contributed by atoms with van der Waals surface area (Å²) in [7, 11) is 0. The minimum absolute atomic E-state index is 0.131. The molecule has 9 heavy (non-hydrogen) atoms. The molecule has 0 aliphatic rings. The van der Waals surface area contributed by atoms with E-state index in [0.717, 1.165) is 6.92 Å². The first-order chi connectivity index (χ1) is 4.04. The van der Waals surface area contributed by atoms with Gasteiger partial charge in [-0.2, -0.15) is 0 Å². The standard InChI is InChI=1S/C5H8BNO2/c1-3(4(2)8)6-5(7)9/h1-2H3,(H2,7,9). The van der Waals surface area contributed by atoms with Gasteiger partial charge in [0.2, 0.25) is 0 Å². The van der Waals surface area contributed by atoms with Crippen molar-refractivity contribution in [2.45, 2.75) is 13.8 Å². The topological polar surface area (TPSA) is 60.2 Å². The predicted octanol–water partition coefficient (Wildman–Crippen LogP) is -0.449. The van der Waals surface area contributed by atoms with Crippen molar-refractivity contribution < 1.29 is 9.59 Å². The van der Waals surface area contributed by atoms with Gasteiger partial charge in [0.05, 0.1) is 0 Å². The fraction of sp³-hybridized carbons (Fsp3) is 0.400. The monoisotopic (exact) mass is 125 g/mol. The van der Waals surface area contributed by atoms with Gasteiger partial charge in [-0.05, 0) is 0 Å². The van der Waals surface area contributed by atoms with Crippen molar-refractivity contribution in [2.24, 2.45) is 5.73 Å². The summed E-state index contributed by atoms with van der Waals surface area (Å²) in [6.45, 7) is 4.05. The van der Waals surface area contributed by atoms with E-state index < -0.39 is 5.81 Å². The molecule has 3 nitrogen and oxygen atoms in total. The molecule has 4 heteroatoms. The third kappa shape index (κ3) is 3.64. The fourth-order valence-corrected chi connectivity index (χ4v) is 0.315. The normalized spacial score (nSPS) is 10.2. The fourth-order valence-electron chi connectivity index (χ4n) is 0.315. The number of amides is 1. The van der Waals surface area contributed by atoms with Gasteiger partial charge in [-0.25, -0.2) is 0 Å². The van der Waals surface area contributed by atoms with Crippen LogP contribution in [0.4, 0.5) is 4.79 Å². The van der Waals surface area contributed by atoms with Crippen LogP contribution in [-0.4, -0.2) is 24.0 Å². The molecule has 0 aromatic heterocycles. The summed E-state index contributed by atoms with van der Waals surface area (Å²) in [5.74, 6) is -0.712. The van der Waals surface area contributed by atoms with Crippen molar-refractivity contribution >= 4 is 24.0 Å². The SMILES string of the molecule is CC(=O)C(C)=BC(N)=O. The first-order valence-corrected chi connectivity index (χ1v) is 2.52. The molecule has 0 saturated carbocycles. The minimum atomic E-state index is -0.581. The van der Waals surface area contributed by atoms with E-state index in [1.54, 1.807) is 6.92 Å². The number of hydrogen-bond donors (Lipinski definition) is 1. The van der Waals surface area contributed by atoms with E-state index in [2.05, 4.69) is 0 Å². The van der Waals surface area contributed by atoms with Crippen LogP contribution in [-0.2, 0) is 4.79 Å². The van der Waals surface area contributed by atoms with Crippen molar-refractivity contribution in [1.82, 2.24) is 0 Å². The average Bonchev–Trinajstić information content (AvgIpc) is 1.63. The molecule has 2 N–H and O–H groups in total. The third-order valence-corrected chi connectivity index (χ3v) is 0.914. The van der Waals surface area contributed by atoms with E-state index >= 15 is 0 Å². The summed E-state index contributed by atoms with van der Waals surface area (Å²) < 4.78 is 0. The van der Waals surface area contributed by atoms with Gasteiger partial charge in [-0.15, -0.1) is 0 Å². The predicted molar refractivity (Wildman–Crippen MR) is 36.7 cm³/mol. The zero-order valence-corrected chi connectivity index (χ0v) is 5.47. The molecule has 0 radical (unpaired) electrons. The van der Waals surface area contributed by atoms with Crippen LogP contribution in [0.2, 0.25) is 0 Å². The molecule has 0 heterocycles. The maximum atomic E-state index is 10.4. The number of hydrogen-bond acceptors (Lipinski definition) is 2. The maximum absolute atomic E-state index is 10.4. The molecule has 0 aliphatic heterocycles. The Bertz CT molecular complexity index is 174. The first-order valence-electron chi connectivity index (χ1n) is 2.52. The van der Waals surface area contributed by atoms with Crippen molar-refractivity contribution in [1.29, 1.82) is 0 Å². The van der Waals surface area contributed by atoms with Crippen LogP contribution in [0.25, 0.3) is 0 Å². The van der Waals surface area contributed by atoms with Crippen LogP contribution in [0.5, 0.6) is 0 Å². The molecule has 0 aromatic rings. The third-order valence-electron chi connectivity index (χ3n) is 0.914. The zero-order valence-electron chi connectivity index (χ0n) is 5.47. The van der Waals surface area contributed by atoms with Gasteiger partial charge in [0, 0.05) is 0 Å². The van der Waals surface area contributed by atoms with E-state index in [1.165, 1.54) is 6.92 Å². The second-order valence-corrected chi connectivity index (χ2v) is 1.79. The van der Waals surface area contributed by atoms with Crippen molar-refractivity contribution in [3.05, 3.63) is 0 Å². The van der Waals surface area contributed by atoms with Crippen LogP contribution in [0.1, 0.15) is 13.8 Å². The number of nitrogens with two attached hydrogens (primary N) is 1. The molecule has 0 atom stereocenters. The summed E-state index contributed by atoms with van der Waals surface area (Å²) in [5.41, 5.74) is 5.15. The van der Waals surface area contributed by atoms with Crippen molar-refractivity contribution in [3.8, 4) is 0 Å². The Balaban J connectivity index is 4.17. The van der Waals surface area contributed by atoms with E-state index in [1.807, 2.05) is 0 Å². The number of carbonyl (C=O) groups is 2. The number of ketones is 1. The van der Waals surface area contributed by atoms with Gasteiger partial charge < -0.3 is 0 Å². The van der Waals surface area contributed by atoms with E-state index in [4.69, 9.17) is 5.73 Å². The molecule has 0 unspecified atom stereocenters. The van der Waals surface area contributed by atoms with Crippen LogP contribution in [0.3, 0.4) is 0 Å². The van der Waals surface area contributed by atoms with E-state index in [0.29, 0.717) is 5.46 Å². The Labute approximate surface area is 54.1 Å². The summed E-state index contributed by atoms with van der Waals surface area (Å²) in [4.78, 5) is 20.5.